The van der Waals surface area contributed by atoms with Gasteiger partial charge >= 0.3 is 0 Å². The zero-order chi connectivity index (χ0) is 10.3. The van der Waals surface area contributed by atoms with E-state index in [1.165, 1.54) is 21.0 Å². The SMILES string of the molecule is CC(C)=O.COc1ccccc1O. The number of Topliss-reactive ketones (excluding diaryl/α,β-unsaturated/α-hetero) is 1. The number of ketones is 1. The molecular formula is C10H14O3. The van der Waals surface area contributed by atoms with Gasteiger partial charge in [-0.05, 0) is 26.0 Å². The number of carbonyl (C=O) groups excluding carboxylic acids is 1. The van der Waals surface area contributed by atoms with Gasteiger partial charge in [-0.2, -0.15) is 0 Å². The number of phenolic OH excluding ortho intramolecular Hbond substituents is 1. The Morgan fingerprint density at radius 3 is 2.08 bits per heavy atom. The van der Waals surface area contributed by atoms with Crippen molar-refractivity contribution >= 4 is 5.78 Å². The summed E-state index contributed by atoms with van der Waals surface area (Å²) < 4.78 is 4.79. The average molecular weight is 182 g/mol. The smallest absolute Gasteiger partial charge is 0.160 e. The van der Waals surface area contributed by atoms with Gasteiger partial charge in [-0.1, -0.05) is 12.1 Å². The van der Waals surface area contributed by atoms with E-state index in [0.717, 1.165) is 0 Å². The fraction of sp³-hybridized carbons (Fsp3) is 0.300. The molecule has 0 unspecified atom stereocenters. The van der Waals surface area contributed by atoms with Crippen molar-refractivity contribution in [2.75, 3.05) is 7.11 Å². The molecule has 13 heavy (non-hydrogen) atoms. The van der Waals surface area contributed by atoms with Crippen LogP contribution < -0.4 is 4.74 Å². The second-order valence-electron chi connectivity index (χ2n) is 2.58. The van der Waals surface area contributed by atoms with Gasteiger partial charge in [0, 0.05) is 0 Å². The van der Waals surface area contributed by atoms with Crippen molar-refractivity contribution in [3.63, 3.8) is 0 Å². The number of methoxy groups -OCH3 is 1. The molecule has 0 radical (unpaired) electrons. The largest absolute Gasteiger partial charge is 0.504 e. The molecule has 0 saturated heterocycles. The van der Waals surface area contributed by atoms with Gasteiger partial charge in [-0.3, -0.25) is 0 Å². The molecule has 3 nitrogen and oxygen atoms in total. The predicted octanol–water partition coefficient (Wildman–Crippen LogP) is 2.00. The van der Waals surface area contributed by atoms with E-state index in [4.69, 9.17) is 9.84 Å². The Morgan fingerprint density at radius 2 is 1.77 bits per heavy atom. The summed E-state index contributed by atoms with van der Waals surface area (Å²) in [5, 5.41) is 8.99. The molecule has 0 aliphatic rings. The standard InChI is InChI=1S/C7H8O2.C3H6O/c1-9-7-5-3-2-4-6(7)8;1-3(2)4/h2-5,8H,1H3;1-2H3. The van der Waals surface area contributed by atoms with E-state index in [-0.39, 0.29) is 11.5 Å². The maximum absolute atomic E-state index is 9.44. The first kappa shape index (κ1) is 11.5. The summed E-state index contributed by atoms with van der Waals surface area (Å²) in [4.78, 5) is 9.44. The number of para-hydroxylation sites is 2. The fourth-order valence-electron chi connectivity index (χ4n) is 0.630. The molecule has 0 aromatic heterocycles. The Hall–Kier alpha value is -1.51. The van der Waals surface area contributed by atoms with E-state index in [2.05, 4.69) is 0 Å². The third-order valence-electron chi connectivity index (χ3n) is 1.09. The van der Waals surface area contributed by atoms with Crippen molar-refractivity contribution in [2.24, 2.45) is 0 Å². The maximum Gasteiger partial charge on any atom is 0.160 e. The monoisotopic (exact) mass is 182 g/mol. The van der Waals surface area contributed by atoms with Crippen LogP contribution in [0.1, 0.15) is 13.8 Å². The second-order valence-corrected chi connectivity index (χ2v) is 2.58. The third-order valence-corrected chi connectivity index (χ3v) is 1.09. The van der Waals surface area contributed by atoms with Crippen LogP contribution in [0.15, 0.2) is 24.3 Å². The lowest BCUT2D eigenvalue weighted by Crippen LogP contribution is -1.80. The highest BCUT2D eigenvalue weighted by Gasteiger charge is 1.94. The lowest BCUT2D eigenvalue weighted by atomic mass is 10.3. The highest BCUT2D eigenvalue weighted by molar-refractivity contribution is 5.72. The zero-order valence-electron chi connectivity index (χ0n) is 8.07. The number of ether oxygens (including phenoxy) is 1. The van der Waals surface area contributed by atoms with E-state index in [9.17, 15) is 4.79 Å². The Balaban J connectivity index is 0.000000310. The van der Waals surface area contributed by atoms with Crippen molar-refractivity contribution in [3.05, 3.63) is 24.3 Å². The lowest BCUT2D eigenvalue weighted by molar-refractivity contribution is -0.114. The molecule has 0 aliphatic heterocycles. The first-order chi connectivity index (χ1) is 6.07. The summed E-state index contributed by atoms with van der Waals surface area (Å²) in [7, 11) is 1.52. The number of carbonyl (C=O) groups is 1. The van der Waals surface area contributed by atoms with Crippen molar-refractivity contribution in [1.82, 2.24) is 0 Å². The number of phenols is 1. The van der Waals surface area contributed by atoms with Crippen LogP contribution in [0.4, 0.5) is 0 Å². The molecule has 1 aromatic carbocycles. The minimum absolute atomic E-state index is 0.167. The van der Waals surface area contributed by atoms with Crippen molar-refractivity contribution in [3.8, 4) is 11.5 Å². The van der Waals surface area contributed by atoms with Crippen LogP contribution in [0.3, 0.4) is 0 Å². The molecule has 1 N–H and O–H groups in total. The number of rotatable bonds is 1. The normalized spacial score (nSPS) is 8.23. The number of hydrogen-bond donors (Lipinski definition) is 1. The van der Waals surface area contributed by atoms with Gasteiger partial charge in [0.1, 0.15) is 5.78 Å². The lowest BCUT2D eigenvalue weighted by Gasteiger charge is -1.99. The summed E-state index contributed by atoms with van der Waals surface area (Å²) in [5.41, 5.74) is 0. The van der Waals surface area contributed by atoms with E-state index >= 15 is 0 Å². The highest BCUT2D eigenvalue weighted by Crippen LogP contribution is 2.22. The molecule has 0 bridgehead atoms. The quantitative estimate of drug-likeness (QED) is 0.722. The number of hydrogen-bond acceptors (Lipinski definition) is 3. The van der Waals surface area contributed by atoms with Gasteiger partial charge in [0.15, 0.2) is 11.5 Å². The van der Waals surface area contributed by atoms with Crippen molar-refractivity contribution < 1.29 is 14.6 Å². The van der Waals surface area contributed by atoms with Crippen molar-refractivity contribution in [2.45, 2.75) is 13.8 Å². The summed E-state index contributed by atoms with van der Waals surface area (Å²) in [6, 6.07) is 6.84. The average Bonchev–Trinajstić information content (AvgIpc) is 2.04. The van der Waals surface area contributed by atoms with Gasteiger partial charge in [-0.25, -0.2) is 0 Å². The van der Waals surface area contributed by atoms with Gasteiger partial charge < -0.3 is 14.6 Å². The summed E-state index contributed by atoms with van der Waals surface area (Å²) >= 11 is 0. The van der Waals surface area contributed by atoms with Gasteiger partial charge in [0.25, 0.3) is 0 Å². The third kappa shape index (κ3) is 5.73. The summed E-state index contributed by atoms with van der Waals surface area (Å²) in [5.74, 6) is 0.859. The minimum Gasteiger partial charge on any atom is -0.504 e. The molecular weight excluding hydrogens is 168 g/mol. The molecule has 0 fully saturated rings. The molecule has 0 aliphatic carbocycles. The second kappa shape index (κ2) is 6.06. The molecule has 1 rings (SSSR count). The topological polar surface area (TPSA) is 46.5 Å². The van der Waals surface area contributed by atoms with Gasteiger partial charge in [0.2, 0.25) is 0 Å². The first-order valence-electron chi connectivity index (χ1n) is 3.87. The molecule has 0 heterocycles. The van der Waals surface area contributed by atoms with Crippen LogP contribution in [-0.4, -0.2) is 18.0 Å². The Morgan fingerprint density at radius 1 is 1.31 bits per heavy atom. The van der Waals surface area contributed by atoms with Crippen LogP contribution in [0.2, 0.25) is 0 Å². The van der Waals surface area contributed by atoms with Gasteiger partial charge in [0.05, 0.1) is 7.11 Å². The van der Waals surface area contributed by atoms with E-state index in [1.54, 1.807) is 24.3 Å². The molecule has 0 spiro atoms. The fourth-order valence-corrected chi connectivity index (χ4v) is 0.630. The minimum atomic E-state index is 0.167. The predicted molar refractivity (Wildman–Crippen MR) is 51.0 cm³/mol. The van der Waals surface area contributed by atoms with Crippen LogP contribution in [0.5, 0.6) is 11.5 Å². The number of aromatic hydroxyl groups is 1. The molecule has 72 valence electrons. The van der Waals surface area contributed by atoms with Crippen LogP contribution in [0, 0.1) is 0 Å². The van der Waals surface area contributed by atoms with Crippen molar-refractivity contribution in [1.29, 1.82) is 0 Å². The maximum atomic E-state index is 9.44. The van der Waals surface area contributed by atoms with E-state index < -0.39 is 0 Å². The van der Waals surface area contributed by atoms with E-state index in [1.807, 2.05) is 0 Å². The molecule has 0 saturated carbocycles. The Labute approximate surface area is 78.0 Å². The first-order valence-corrected chi connectivity index (χ1v) is 3.87. The molecule has 0 amide bonds. The number of benzene rings is 1. The molecule has 3 heteroatoms. The molecule has 0 atom stereocenters. The Kier molecular flexibility index (Phi) is 5.35. The van der Waals surface area contributed by atoms with Gasteiger partial charge in [-0.15, -0.1) is 0 Å². The van der Waals surface area contributed by atoms with Crippen LogP contribution in [-0.2, 0) is 4.79 Å². The summed E-state index contributed by atoms with van der Waals surface area (Å²) in [6.07, 6.45) is 0. The zero-order valence-corrected chi connectivity index (χ0v) is 8.07. The van der Waals surface area contributed by atoms with Crippen LogP contribution >= 0.6 is 0 Å². The van der Waals surface area contributed by atoms with E-state index in [0.29, 0.717) is 5.75 Å². The molecule has 1 aromatic rings. The Bertz CT molecular complexity index is 265. The summed E-state index contributed by atoms with van der Waals surface area (Å²) in [6.45, 7) is 3.06. The van der Waals surface area contributed by atoms with Crippen LogP contribution in [0.25, 0.3) is 0 Å². The highest BCUT2D eigenvalue weighted by atomic mass is 16.5.